The van der Waals surface area contributed by atoms with E-state index in [4.69, 9.17) is 0 Å². The highest BCUT2D eigenvalue weighted by Gasteiger charge is 2.47. The van der Waals surface area contributed by atoms with Crippen molar-refractivity contribution in [1.82, 2.24) is 4.98 Å². The molecule has 0 aliphatic rings. The zero-order valence-electron chi connectivity index (χ0n) is 10.4. The first-order valence-electron chi connectivity index (χ1n) is 5.62. The van der Waals surface area contributed by atoms with Crippen LogP contribution in [0.2, 0.25) is 0 Å². The van der Waals surface area contributed by atoms with E-state index in [1.807, 2.05) is 25.1 Å². The summed E-state index contributed by atoms with van der Waals surface area (Å²) in [5, 5.41) is 0.540. The molecule has 0 aliphatic carbocycles. The maximum absolute atomic E-state index is 12.8. The van der Waals surface area contributed by atoms with Crippen molar-refractivity contribution in [3.63, 3.8) is 0 Å². The number of rotatable bonds is 2. The smallest absolute Gasteiger partial charge is 0.241 e. The van der Waals surface area contributed by atoms with Gasteiger partial charge in [0.15, 0.2) is 0 Å². The lowest BCUT2D eigenvalue weighted by atomic mass is 9.89. The first kappa shape index (κ1) is 13.3. The molecule has 18 heavy (non-hydrogen) atoms. The number of nitrogens with zero attached hydrogens (tertiary/aromatic N) is 1. The van der Waals surface area contributed by atoms with Gasteiger partial charge in [-0.15, -0.1) is 11.3 Å². The summed E-state index contributed by atoms with van der Waals surface area (Å²) in [4.78, 5) is 4.29. The maximum Gasteiger partial charge on any atom is 0.394 e. The molecule has 2 aromatic rings. The van der Waals surface area contributed by atoms with Crippen LogP contribution in [0, 0.1) is 12.3 Å². The Kier molecular flexibility index (Phi) is 3.13. The second-order valence-corrected chi connectivity index (χ2v) is 6.25. The quantitative estimate of drug-likeness (QED) is 0.770. The Morgan fingerprint density at radius 2 is 1.89 bits per heavy atom. The summed E-state index contributed by atoms with van der Waals surface area (Å²) in [7, 11) is 0. The summed E-state index contributed by atoms with van der Waals surface area (Å²) in [6, 6.07) is 5.75. The van der Waals surface area contributed by atoms with Crippen LogP contribution in [-0.4, -0.2) is 11.2 Å². The summed E-state index contributed by atoms with van der Waals surface area (Å²) < 4.78 is 39.4. The molecule has 0 radical (unpaired) electrons. The van der Waals surface area contributed by atoms with Gasteiger partial charge in [-0.1, -0.05) is 19.9 Å². The van der Waals surface area contributed by atoms with E-state index in [1.54, 1.807) is 0 Å². The van der Waals surface area contributed by atoms with Gasteiger partial charge in [-0.3, -0.25) is 0 Å². The third-order valence-corrected chi connectivity index (χ3v) is 3.98. The van der Waals surface area contributed by atoms with Gasteiger partial charge in [0.1, 0.15) is 0 Å². The van der Waals surface area contributed by atoms with Gasteiger partial charge in [0, 0.05) is 6.42 Å². The van der Waals surface area contributed by atoms with E-state index in [9.17, 15) is 13.2 Å². The lowest BCUT2D eigenvalue weighted by Crippen LogP contribution is -2.34. The lowest BCUT2D eigenvalue weighted by Gasteiger charge is -2.26. The number of hydrogen-bond donors (Lipinski definition) is 0. The molecule has 0 atom stereocenters. The van der Waals surface area contributed by atoms with Crippen molar-refractivity contribution in [2.24, 2.45) is 5.41 Å². The van der Waals surface area contributed by atoms with E-state index in [0.717, 1.165) is 15.8 Å². The van der Waals surface area contributed by atoms with Crippen molar-refractivity contribution >= 4 is 21.6 Å². The van der Waals surface area contributed by atoms with Crippen LogP contribution in [0.1, 0.15) is 24.4 Å². The minimum absolute atomic E-state index is 0.0745. The number of aromatic nitrogens is 1. The Morgan fingerprint density at radius 1 is 1.22 bits per heavy atom. The maximum atomic E-state index is 12.8. The summed E-state index contributed by atoms with van der Waals surface area (Å²) in [6.07, 6.45) is -4.28. The van der Waals surface area contributed by atoms with Crippen molar-refractivity contribution in [3.05, 3.63) is 28.8 Å². The molecule has 0 fully saturated rings. The van der Waals surface area contributed by atoms with E-state index in [0.29, 0.717) is 5.01 Å². The average molecular weight is 273 g/mol. The summed E-state index contributed by atoms with van der Waals surface area (Å²) in [6.45, 7) is 4.37. The Morgan fingerprint density at radius 3 is 2.50 bits per heavy atom. The van der Waals surface area contributed by atoms with E-state index >= 15 is 0 Å². The SMILES string of the molecule is Cc1ccc2sc(CC(C)(C)C(F)(F)F)nc2c1. The summed E-state index contributed by atoms with van der Waals surface area (Å²) in [5.41, 5.74) is 0.109. The highest BCUT2D eigenvalue weighted by atomic mass is 32.1. The van der Waals surface area contributed by atoms with Crippen LogP contribution in [0.25, 0.3) is 10.2 Å². The molecule has 0 bridgehead atoms. The predicted octanol–water partition coefficient (Wildman–Crippen LogP) is 4.74. The second kappa shape index (κ2) is 4.23. The van der Waals surface area contributed by atoms with E-state index in [1.165, 1.54) is 25.2 Å². The molecule has 0 amide bonds. The number of aryl methyl sites for hydroxylation is 1. The number of hydrogen-bond acceptors (Lipinski definition) is 2. The largest absolute Gasteiger partial charge is 0.394 e. The van der Waals surface area contributed by atoms with Crippen LogP contribution < -0.4 is 0 Å². The number of halogens is 3. The van der Waals surface area contributed by atoms with Gasteiger partial charge >= 0.3 is 6.18 Å². The standard InChI is InChI=1S/C13H14F3NS/c1-8-4-5-10-9(6-8)17-11(18-10)7-12(2,3)13(14,15)16/h4-6H,7H2,1-3H3. The molecular weight excluding hydrogens is 259 g/mol. The van der Waals surface area contributed by atoms with Gasteiger partial charge in [0.05, 0.1) is 20.6 Å². The van der Waals surface area contributed by atoms with E-state index < -0.39 is 11.6 Å². The molecule has 0 spiro atoms. The van der Waals surface area contributed by atoms with Crippen molar-refractivity contribution in [3.8, 4) is 0 Å². The highest BCUT2D eigenvalue weighted by Crippen LogP contribution is 2.41. The van der Waals surface area contributed by atoms with Crippen molar-refractivity contribution in [1.29, 1.82) is 0 Å². The predicted molar refractivity (Wildman–Crippen MR) is 67.9 cm³/mol. The minimum atomic E-state index is -4.21. The van der Waals surface area contributed by atoms with Gasteiger partial charge in [0.2, 0.25) is 0 Å². The number of benzene rings is 1. The van der Waals surface area contributed by atoms with Crippen LogP contribution in [0.15, 0.2) is 18.2 Å². The number of fused-ring (bicyclic) bond motifs is 1. The Labute approximate surface area is 108 Å². The molecule has 0 aliphatic heterocycles. The zero-order chi connectivity index (χ0) is 13.6. The first-order chi connectivity index (χ1) is 8.19. The normalized spacial score (nSPS) is 13.2. The fourth-order valence-corrected chi connectivity index (χ4v) is 2.82. The average Bonchev–Trinajstić information content (AvgIpc) is 2.56. The van der Waals surface area contributed by atoms with Gasteiger partial charge in [-0.25, -0.2) is 4.98 Å². The Balaban J connectivity index is 2.33. The van der Waals surface area contributed by atoms with Crippen LogP contribution in [0.4, 0.5) is 13.2 Å². The second-order valence-electron chi connectivity index (χ2n) is 5.14. The lowest BCUT2D eigenvalue weighted by molar-refractivity contribution is -0.211. The molecule has 0 saturated heterocycles. The molecule has 0 unspecified atom stereocenters. The van der Waals surface area contributed by atoms with Gasteiger partial charge in [-0.05, 0) is 24.6 Å². The van der Waals surface area contributed by atoms with Crippen molar-refractivity contribution in [2.75, 3.05) is 0 Å². The molecule has 1 aromatic carbocycles. The first-order valence-corrected chi connectivity index (χ1v) is 6.43. The number of alkyl halides is 3. The Hall–Kier alpha value is -1.10. The van der Waals surface area contributed by atoms with Crippen LogP contribution >= 0.6 is 11.3 Å². The van der Waals surface area contributed by atoms with Gasteiger partial charge < -0.3 is 0 Å². The monoisotopic (exact) mass is 273 g/mol. The van der Waals surface area contributed by atoms with Gasteiger partial charge in [0.25, 0.3) is 0 Å². The van der Waals surface area contributed by atoms with E-state index in [2.05, 4.69) is 4.98 Å². The van der Waals surface area contributed by atoms with E-state index in [-0.39, 0.29) is 6.42 Å². The van der Waals surface area contributed by atoms with Crippen LogP contribution in [0.3, 0.4) is 0 Å². The molecule has 1 heterocycles. The van der Waals surface area contributed by atoms with Crippen molar-refractivity contribution in [2.45, 2.75) is 33.4 Å². The fraction of sp³-hybridized carbons (Fsp3) is 0.462. The molecule has 1 aromatic heterocycles. The number of thiazole rings is 1. The van der Waals surface area contributed by atoms with Gasteiger partial charge in [-0.2, -0.15) is 13.2 Å². The molecule has 98 valence electrons. The van der Waals surface area contributed by atoms with Crippen LogP contribution in [0.5, 0.6) is 0 Å². The third kappa shape index (κ3) is 2.51. The molecular formula is C13H14F3NS. The molecule has 5 heteroatoms. The topological polar surface area (TPSA) is 12.9 Å². The van der Waals surface area contributed by atoms with Crippen LogP contribution in [-0.2, 0) is 6.42 Å². The molecule has 0 N–H and O–H groups in total. The highest BCUT2D eigenvalue weighted by molar-refractivity contribution is 7.18. The molecule has 2 rings (SSSR count). The zero-order valence-corrected chi connectivity index (χ0v) is 11.2. The Bertz CT molecular complexity index is 569. The molecule has 0 saturated carbocycles. The molecule has 1 nitrogen and oxygen atoms in total. The summed E-state index contributed by atoms with van der Waals surface area (Å²) >= 11 is 1.34. The summed E-state index contributed by atoms with van der Waals surface area (Å²) in [5.74, 6) is 0. The van der Waals surface area contributed by atoms with Crippen molar-refractivity contribution < 1.29 is 13.2 Å². The minimum Gasteiger partial charge on any atom is -0.241 e. The third-order valence-electron chi connectivity index (χ3n) is 2.95. The fourth-order valence-electron chi connectivity index (χ4n) is 1.64.